The lowest BCUT2D eigenvalue weighted by molar-refractivity contribution is 1.50. The van der Waals surface area contributed by atoms with Crippen LogP contribution in [0.4, 0.5) is 5.13 Å². The summed E-state index contributed by atoms with van der Waals surface area (Å²) < 4.78 is 1.16. The van der Waals surface area contributed by atoms with E-state index in [0.29, 0.717) is 5.13 Å². The molecule has 0 aliphatic heterocycles. The van der Waals surface area contributed by atoms with Crippen LogP contribution in [0.15, 0.2) is 30.3 Å². The molecule has 0 spiro atoms. The van der Waals surface area contributed by atoms with E-state index in [2.05, 4.69) is 42.2 Å². The van der Waals surface area contributed by atoms with Gasteiger partial charge in [0.25, 0.3) is 0 Å². The SMILES string of the molecule is Cc1cccc2c1ccc1sc(N)nc12. The van der Waals surface area contributed by atoms with Crippen molar-refractivity contribution < 1.29 is 0 Å². The van der Waals surface area contributed by atoms with Crippen LogP contribution in [0, 0.1) is 6.92 Å². The molecule has 2 aromatic carbocycles. The van der Waals surface area contributed by atoms with Crippen LogP contribution in [0.2, 0.25) is 0 Å². The van der Waals surface area contributed by atoms with Crippen molar-refractivity contribution in [3.63, 3.8) is 0 Å². The molecule has 1 aromatic heterocycles. The monoisotopic (exact) mass is 214 g/mol. The first kappa shape index (κ1) is 8.68. The van der Waals surface area contributed by atoms with Crippen molar-refractivity contribution in [2.45, 2.75) is 6.92 Å². The molecule has 0 atom stereocenters. The lowest BCUT2D eigenvalue weighted by Gasteiger charge is -2.01. The van der Waals surface area contributed by atoms with E-state index in [1.165, 1.54) is 27.7 Å². The number of thiazole rings is 1. The zero-order chi connectivity index (χ0) is 10.4. The van der Waals surface area contributed by atoms with E-state index < -0.39 is 0 Å². The highest BCUT2D eigenvalue weighted by molar-refractivity contribution is 7.22. The molecule has 0 saturated heterocycles. The molecule has 0 aliphatic carbocycles. The molecule has 0 fully saturated rings. The largest absolute Gasteiger partial charge is 0.375 e. The zero-order valence-electron chi connectivity index (χ0n) is 8.32. The van der Waals surface area contributed by atoms with Crippen molar-refractivity contribution in [3.8, 4) is 0 Å². The van der Waals surface area contributed by atoms with Gasteiger partial charge in [0.05, 0.1) is 10.2 Å². The highest BCUT2D eigenvalue weighted by atomic mass is 32.1. The Morgan fingerprint density at radius 3 is 2.87 bits per heavy atom. The first-order chi connectivity index (χ1) is 7.25. The summed E-state index contributed by atoms with van der Waals surface area (Å²) in [7, 11) is 0. The average molecular weight is 214 g/mol. The molecule has 3 aromatic rings. The second kappa shape index (κ2) is 2.94. The number of hydrogen-bond acceptors (Lipinski definition) is 3. The van der Waals surface area contributed by atoms with Crippen molar-refractivity contribution in [2.24, 2.45) is 0 Å². The third-order valence-electron chi connectivity index (χ3n) is 2.65. The second-order valence-electron chi connectivity index (χ2n) is 3.63. The number of aryl methyl sites for hydroxylation is 1. The molecular formula is C12H10N2S. The molecule has 0 amide bonds. The number of anilines is 1. The van der Waals surface area contributed by atoms with Crippen LogP contribution in [-0.4, -0.2) is 4.98 Å². The summed E-state index contributed by atoms with van der Waals surface area (Å²) in [5, 5.41) is 3.09. The predicted molar refractivity (Wildman–Crippen MR) is 66.3 cm³/mol. The molecule has 3 heteroatoms. The Bertz CT molecular complexity index is 655. The van der Waals surface area contributed by atoms with Crippen LogP contribution in [0.3, 0.4) is 0 Å². The topological polar surface area (TPSA) is 38.9 Å². The molecule has 2 N–H and O–H groups in total. The Hall–Kier alpha value is -1.61. The summed E-state index contributed by atoms with van der Waals surface area (Å²) in [5.41, 5.74) is 8.03. The molecule has 0 unspecified atom stereocenters. The summed E-state index contributed by atoms with van der Waals surface area (Å²) in [6.45, 7) is 2.11. The maximum Gasteiger partial charge on any atom is 0.181 e. The fourth-order valence-corrected chi connectivity index (χ4v) is 2.67. The van der Waals surface area contributed by atoms with Crippen LogP contribution in [0.25, 0.3) is 21.0 Å². The maximum atomic E-state index is 5.73. The minimum Gasteiger partial charge on any atom is -0.375 e. The van der Waals surface area contributed by atoms with Crippen molar-refractivity contribution in [2.75, 3.05) is 5.73 Å². The smallest absolute Gasteiger partial charge is 0.181 e. The number of nitrogens with two attached hydrogens (primary N) is 1. The van der Waals surface area contributed by atoms with Gasteiger partial charge in [0.2, 0.25) is 0 Å². The van der Waals surface area contributed by atoms with Crippen LogP contribution in [0.1, 0.15) is 5.56 Å². The van der Waals surface area contributed by atoms with Crippen molar-refractivity contribution in [1.82, 2.24) is 4.98 Å². The zero-order valence-corrected chi connectivity index (χ0v) is 9.14. The van der Waals surface area contributed by atoms with E-state index in [1.807, 2.05) is 0 Å². The number of benzene rings is 2. The van der Waals surface area contributed by atoms with Gasteiger partial charge in [0.15, 0.2) is 5.13 Å². The number of aromatic nitrogens is 1. The van der Waals surface area contributed by atoms with E-state index in [9.17, 15) is 0 Å². The van der Waals surface area contributed by atoms with Gasteiger partial charge in [-0.3, -0.25) is 0 Å². The summed E-state index contributed by atoms with van der Waals surface area (Å²) in [5.74, 6) is 0. The third kappa shape index (κ3) is 1.20. The Morgan fingerprint density at radius 2 is 2.00 bits per heavy atom. The van der Waals surface area contributed by atoms with E-state index in [-0.39, 0.29) is 0 Å². The van der Waals surface area contributed by atoms with Crippen LogP contribution >= 0.6 is 11.3 Å². The second-order valence-corrected chi connectivity index (χ2v) is 4.70. The minimum atomic E-state index is 0.638. The first-order valence-electron chi connectivity index (χ1n) is 4.80. The molecule has 2 nitrogen and oxygen atoms in total. The molecule has 0 aliphatic rings. The van der Waals surface area contributed by atoms with Crippen molar-refractivity contribution in [3.05, 3.63) is 35.9 Å². The number of fused-ring (bicyclic) bond motifs is 3. The van der Waals surface area contributed by atoms with Crippen LogP contribution in [0.5, 0.6) is 0 Å². The van der Waals surface area contributed by atoms with Gasteiger partial charge in [0, 0.05) is 5.39 Å². The van der Waals surface area contributed by atoms with Gasteiger partial charge in [-0.15, -0.1) is 0 Å². The van der Waals surface area contributed by atoms with E-state index >= 15 is 0 Å². The standard InChI is InChI=1S/C12H10N2S/c1-7-3-2-4-9-8(7)5-6-10-11(9)14-12(13)15-10/h2-6H,1H3,(H2,13,14). The number of nitrogens with zero attached hydrogens (tertiary/aromatic N) is 1. The summed E-state index contributed by atoms with van der Waals surface area (Å²) in [6.07, 6.45) is 0. The average Bonchev–Trinajstić information content (AvgIpc) is 2.59. The Kier molecular flexibility index (Phi) is 1.70. The van der Waals surface area contributed by atoms with Gasteiger partial charge in [-0.1, -0.05) is 35.6 Å². The van der Waals surface area contributed by atoms with Gasteiger partial charge in [0.1, 0.15) is 0 Å². The molecule has 15 heavy (non-hydrogen) atoms. The highest BCUT2D eigenvalue weighted by Crippen LogP contribution is 2.31. The molecule has 3 rings (SSSR count). The lowest BCUT2D eigenvalue weighted by Crippen LogP contribution is -1.81. The van der Waals surface area contributed by atoms with Gasteiger partial charge in [-0.2, -0.15) is 0 Å². The third-order valence-corrected chi connectivity index (χ3v) is 3.50. The molecule has 1 heterocycles. The van der Waals surface area contributed by atoms with E-state index in [1.54, 1.807) is 0 Å². The fraction of sp³-hybridized carbons (Fsp3) is 0.0833. The van der Waals surface area contributed by atoms with Gasteiger partial charge in [-0.05, 0) is 23.9 Å². The van der Waals surface area contributed by atoms with Gasteiger partial charge < -0.3 is 5.73 Å². The molecule has 74 valence electrons. The summed E-state index contributed by atoms with van der Waals surface area (Å²) in [4.78, 5) is 4.38. The van der Waals surface area contributed by atoms with Gasteiger partial charge in [-0.25, -0.2) is 4.98 Å². The predicted octanol–water partition coefficient (Wildman–Crippen LogP) is 3.34. The number of hydrogen-bond donors (Lipinski definition) is 1. The Morgan fingerprint density at radius 1 is 1.13 bits per heavy atom. The molecular weight excluding hydrogens is 204 g/mol. The lowest BCUT2D eigenvalue weighted by atomic mass is 10.1. The normalized spacial score (nSPS) is 11.3. The maximum absolute atomic E-state index is 5.73. The van der Waals surface area contributed by atoms with Crippen molar-refractivity contribution in [1.29, 1.82) is 0 Å². The van der Waals surface area contributed by atoms with Crippen LogP contribution in [-0.2, 0) is 0 Å². The van der Waals surface area contributed by atoms with Crippen molar-refractivity contribution >= 4 is 37.5 Å². The highest BCUT2D eigenvalue weighted by Gasteiger charge is 2.06. The molecule has 0 radical (unpaired) electrons. The molecule has 0 bridgehead atoms. The Balaban J connectivity index is 2.59. The summed E-state index contributed by atoms with van der Waals surface area (Å²) >= 11 is 1.54. The van der Waals surface area contributed by atoms with E-state index in [0.717, 1.165) is 10.2 Å². The summed E-state index contributed by atoms with van der Waals surface area (Å²) in [6, 6.07) is 10.5. The fourth-order valence-electron chi connectivity index (χ4n) is 1.92. The van der Waals surface area contributed by atoms with Gasteiger partial charge >= 0.3 is 0 Å². The number of rotatable bonds is 0. The quantitative estimate of drug-likeness (QED) is 0.623. The van der Waals surface area contributed by atoms with E-state index in [4.69, 9.17) is 5.73 Å². The number of nitrogen functional groups attached to an aromatic ring is 1. The minimum absolute atomic E-state index is 0.638. The molecule has 0 saturated carbocycles. The Labute approximate surface area is 91.4 Å². The first-order valence-corrected chi connectivity index (χ1v) is 5.62. The van der Waals surface area contributed by atoms with Crippen LogP contribution < -0.4 is 5.73 Å².